The highest BCUT2D eigenvalue weighted by atomic mass is 32.1. The van der Waals surface area contributed by atoms with Gasteiger partial charge in [0.25, 0.3) is 0 Å². The fourth-order valence-electron chi connectivity index (χ4n) is 1.86. The van der Waals surface area contributed by atoms with Gasteiger partial charge in [-0.2, -0.15) is 0 Å². The summed E-state index contributed by atoms with van der Waals surface area (Å²) in [6.45, 7) is 6.18. The van der Waals surface area contributed by atoms with E-state index in [2.05, 4.69) is 18.8 Å². The Hall–Kier alpha value is -1.19. The fourth-order valence-corrected chi connectivity index (χ4v) is 2.81. The monoisotopic (exact) mass is 261 g/mol. The summed E-state index contributed by atoms with van der Waals surface area (Å²) >= 11 is 1.73. The molecular weight excluding hydrogens is 242 g/mol. The van der Waals surface area contributed by atoms with E-state index in [-0.39, 0.29) is 0 Å². The van der Waals surface area contributed by atoms with E-state index in [9.17, 15) is 5.11 Å². The van der Waals surface area contributed by atoms with Crippen molar-refractivity contribution in [3.8, 4) is 0 Å². The van der Waals surface area contributed by atoms with Crippen molar-refractivity contribution in [2.75, 3.05) is 0 Å². The van der Waals surface area contributed by atoms with E-state index in [0.717, 1.165) is 29.1 Å². The van der Waals surface area contributed by atoms with Gasteiger partial charge in [0.05, 0.1) is 16.8 Å². The predicted octanol–water partition coefficient (Wildman–Crippen LogP) is 3.73. The molecule has 18 heavy (non-hydrogen) atoms. The highest BCUT2D eigenvalue weighted by molar-refractivity contribution is 7.11. The van der Waals surface area contributed by atoms with Crippen LogP contribution in [0.1, 0.15) is 39.2 Å². The highest BCUT2D eigenvalue weighted by Crippen LogP contribution is 2.23. The summed E-state index contributed by atoms with van der Waals surface area (Å²) in [5.41, 5.74) is 3.32. The van der Waals surface area contributed by atoms with Crippen LogP contribution in [0.15, 0.2) is 24.3 Å². The summed E-state index contributed by atoms with van der Waals surface area (Å²) in [7, 11) is 0. The van der Waals surface area contributed by atoms with Crippen LogP contribution >= 0.6 is 11.3 Å². The molecule has 2 aromatic rings. The Morgan fingerprint density at radius 1 is 1.17 bits per heavy atom. The van der Waals surface area contributed by atoms with E-state index in [1.807, 2.05) is 31.2 Å². The summed E-state index contributed by atoms with van der Waals surface area (Å²) in [6.07, 6.45) is 1.18. The molecule has 2 nitrogen and oxygen atoms in total. The average molecular weight is 261 g/mol. The standard InChI is InChI=1S/C15H19NOS/c1-10-4-6-13(7-5-10)14(17)8-9-15-16-11(2)12(3)18-15/h4-7,14,17H,8-9H2,1-3H3. The third kappa shape index (κ3) is 3.18. The smallest absolute Gasteiger partial charge is 0.0931 e. The first-order valence-electron chi connectivity index (χ1n) is 6.24. The molecule has 0 aliphatic rings. The molecule has 0 radical (unpaired) electrons. The third-order valence-electron chi connectivity index (χ3n) is 3.17. The van der Waals surface area contributed by atoms with Crippen LogP contribution in [0.2, 0.25) is 0 Å². The van der Waals surface area contributed by atoms with Crippen molar-refractivity contribution in [3.63, 3.8) is 0 Å². The number of benzene rings is 1. The molecule has 1 aromatic carbocycles. The van der Waals surface area contributed by atoms with Crippen LogP contribution in [0.5, 0.6) is 0 Å². The molecule has 0 spiro atoms. The number of aliphatic hydroxyl groups is 1. The minimum atomic E-state index is -0.393. The predicted molar refractivity (Wildman–Crippen MR) is 76.0 cm³/mol. The number of aryl methyl sites for hydroxylation is 4. The molecule has 1 aromatic heterocycles. The first-order valence-corrected chi connectivity index (χ1v) is 7.05. The Morgan fingerprint density at radius 2 is 1.83 bits per heavy atom. The van der Waals surface area contributed by atoms with Crippen molar-refractivity contribution in [2.45, 2.75) is 39.7 Å². The Bertz CT molecular complexity index is 496. The van der Waals surface area contributed by atoms with Gasteiger partial charge in [0.2, 0.25) is 0 Å². The van der Waals surface area contributed by atoms with Crippen LogP contribution in [0.4, 0.5) is 0 Å². The molecule has 1 unspecified atom stereocenters. The van der Waals surface area contributed by atoms with E-state index < -0.39 is 6.10 Å². The number of hydrogen-bond donors (Lipinski definition) is 1. The summed E-state index contributed by atoms with van der Waals surface area (Å²) in [6, 6.07) is 8.07. The highest BCUT2D eigenvalue weighted by Gasteiger charge is 2.10. The van der Waals surface area contributed by atoms with Crippen LogP contribution < -0.4 is 0 Å². The topological polar surface area (TPSA) is 33.1 Å². The number of aromatic nitrogens is 1. The fraction of sp³-hybridized carbons (Fsp3) is 0.400. The lowest BCUT2D eigenvalue weighted by atomic mass is 10.0. The van der Waals surface area contributed by atoms with Crippen LogP contribution in [-0.4, -0.2) is 10.1 Å². The molecule has 0 fully saturated rings. The molecule has 0 aliphatic carbocycles. The van der Waals surface area contributed by atoms with E-state index in [0.29, 0.717) is 0 Å². The SMILES string of the molecule is Cc1ccc(C(O)CCc2nc(C)c(C)s2)cc1. The second-order valence-electron chi connectivity index (χ2n) is 4.71. The summed E-state index contributed by atoms with van der Waals surface area (Å²) in [4.78, 5) is 5.77. The van der Waals surface area contributed by atoms with Gasteiger partial charge in [-0.25, -0.2) is 4.98 Å². The minimum Gasteiger partial charge on any atom is -0.388 e. The van der Waals surface area contributed by atoms with Gasteiger partial charge in [0.1, 0.15) is 0 Å². The zero-order valence-corrected chi connectivity index (χ0v) is 11.9. The quantitative estimate of drug-likeness (QED) is 0.909. The first-order chi connectivity index (χ1) is 8.56. The second kappa shape index (κ2) is 5.63. The van der Waals surface area contributed by atoms with Crippen molar-refractivity contribution in [3.05, 3.63) is 51.0 Å². The molecule has 96 valence electrons. The van der Waals surface area contributed by atoms with Crippen LogP contribution in [0.3, 0.4) is 0 Å². The van der Waals surface area contributed by atoms with Gasteiger partial charge >= 0.3 is 0 Å². The van der Waals surface area contributed by atoms with E-state index in [1.165, 1.54) is 10.4 Å². The van der Waals surface area contributed by atoms with Crippen LogP contribution in [0, 0.1) is 20.8 Å². The van der Waals surface area contributed by atoms with Crippen molar-refractivity contribution >= 4 is 11.3 Å². The first kappa shape index (κ1) is 13.2. The largest absolute Gasteiger partial charge is 0.388 e. The summed E-state index contributed by atoms with van der Waals surface area (Å²) in [5, 5.41) is 11.2. The molecule has 0 bridgehead atoms. The zero-order chi connectivity index (χ0) is 13.1. The lowest BCUT2D eigenvalue weighted by Gasteiger charge is -2.10. The molecule has 0 amide bonds. The van der Waals surface area contributed by atoms with Gasteiger partial charge in [0.15, 0.2) is 0 Å². The number of thiazole rings is 1. The number of nitrogens with zero attached hydrogens (tertiary/aromatic N) is 1. The van der Waals surface area contributed by atoms with Crippen molar-refractivity contribution < 1.29 is 5.11 Å². The van der Waals surface area contributed by atoms with E-state index in [4.69, 9.17) is 0 Å². The molecule has 1 heterocycles. The van der Waals surface area contributed by atoms with Gasteiger partial charge in [-0.3, -0.25) is 0 Å². The van der Waals surface area contributed by atoms with Gasteiger partial charge in [0, 0.05) is 11.3 Å². The van der Waals surface area contributed by atoms with Crippen LogP contribution in [-0.2, 0) is 6.42 Å². The van der Waals surface area contributed by atoms with E-state index >= 15 is 0 Å². The summed E-state index contributed by atoms with van der Waals surface area (Å²) < 4.78 is 0. The normalized spacial score (nSPS) is 12.7. The van der Waals surface area contributed by atoms with Gasteiger partial charge in [-0.05, 0) is 32.8 Å². The average Bonchev–Trinajstić information content (AvgIpc) is 2.67. The summed E-state index contributed by atoms with van der Waals surface area (Å²) in [5.74, 6) is 0. The molecule has 0 aliphatic heterocycles. The van der Waals surface area contributed by atoms with Gasteiger partial charge in [-0.1, -0.05) is 29.8 Å². The Labute approximate surface area is 112 Å². The van der Waals surface area contributed by atoms with Crippen LogP contribution in [0.25, 0.3) is 0 Å². The van der Waals surface area contributed by atoms with E-state index in [1.54, 1.807) is 11.3 Å². The minimum absolute atomic E-state index is 0.393. The molecule has 0 saturated heterocycles. The maximum atomic E-state index is 10.1. The zero-order valence-electron chi connectivity index (χ0n) is 11.1. The number of hydrogen-bond acceptors (Lipinski definition) is 3. The number of aliphatic hydroxyl groups excluding tert-OH is 1. The maximum Gasteiger partial charge on any atom is 0.0931 e. The molecule has 0 saturated carbocycles. The number of rotatable bonds is 4. The van der Waals surface area contributed by atoms with Crippen molar-refractivity contribution in [1.82, 2.24) is 4.98 Å². The maximum absolute atomic E-state index is 10.1. The molecular formula is C15H19NOS. The lowest BCUT2D eigenvalue weighted by molar-refractivity contribution is 0.168. The molecule has 1 atom stereocenters. The van der Waals surface area contributed by atoms with Crippen molar-refractivity contribution in [2.24, 2.45) is 0 Å². The Morgan fingerprint density at radius 3 is 2.39 bits per heavy atom. The van der Waals surface area contributed by atoms with Gasteiger partial charge in [-0.15, -0.1) is 11.3 Å². The third-order valence-corrected chi connectivity index (χ3v) is 4.30. The second-order valence-corrected chi connectivity index (χ2v) is 6.00. The Balaban J connectivity index is 1.95. The van der Waals surface area contributed by atoms with Gasteiger partial charge < -0.3 is 5.11 Å². The lowest BCUT2D eigenvalue weighted by Crippen LogP contribution is -1.99. The molecule has 3 heteroatoms. The molecule has 1 N–H and O–H groups in total. The van der Waals surface area contributed by atoms with Crippen molar-refractivity contribution in [1.29, 1.82) is 0 Å². The molecule has 2 rings (SSSR count). The Kier molecular flexibility index (Phi) is 4.15.